The van der Waals surface area contributed by atoms with Crippen LogP contribution in [0, 0.1) is 0 Å². The Morgan fingerprint density at radius 3 is 2.30 bits per heavy atom. The molecule has 2 heteroatoms. The van der Waals surface area contributed by atoms with Crippen molar-refractivity contribution >= 4 is 0 Å². The number of rotatable bonds is 2. The highest BCUT2D eigenvalue weighted by molar-refractivity contribution is 4.89. The highest BCUT2D eigenvalue weighted by Crippen LogP contribution is 2.33. The maximum atomic E-state index is 9.71. The summed E-state index contributed by atoms with van der Waals surface area (Å²) in [5, 5.41) is 19.1. The molecule has 0 bridgehead atoms. The monoisotopic (exact) mass is 144 g/mol. The van der Waals surface area contributed by atoms with Crippen LogP contribution in [0.3, 0.4) is 0 Å². The van der Waals surface area contributed by atoms with Crippen molar-refractivity contribution in [2.45, 2.75) is 50.7 Å². The minimum absolute atomic E-state index is 0.505. The molecule has 2 N–H and O–H groups in total. The molecular formula is C8H16O2. The molecule has 0 radical (unpaired) electrons. The van der Waals surface area contributed by atoms with Crippen molar-refractivity contribution in [2.24, 2.45) is 0 Å². The third-order valence-electron chi connectivity index (χ3n) is 2.48. The van der Waals surface area contributed by atoms with Crippen LogP contribution in [0.1, 0.15) is 39.0 Å². The molecule has 1 saturated carbocycles. The van der Waals surface area contributed by atoms with Gasteiger partial charge in [0, 0.05) is 0 Å². The van der Waals surface area contributed by atoms with Gasteiger partial charge in [0.15, 0.2) is 0 Å². The first-order valence-electron chi connectivity index (χ1n) is 4.09. The molecule has 0 aromatic rings. The summed E-state index contributed by atoms with van der Waals surface area (Å²) in [5.74, 6) is 0. The molecule has 1 aliphatic rings. The van der Waals surface area contributed by atoms with E-state index in [-0.39, 0.29) is 0 Å². The highest BCUT2D eigenvalue weighted by Gasteiger charge is 2.37. The van der Waals surface area contributed by atoms with Crippen LogP contribution < -0.4 is 0 Å². The van der Waals surface area contributed by atoms with Gasteiger partial charge in [0.25, 0.3) is 0 Å². The Kier molecular flexibility index (Phi) is 2.32. The van der Waals surface area contributed by atoms with Crippen LogP contribution in [0.2, 0.25) is 0 Å². The smallest absolute Gasteiger partial charge is 0.0905 e. The first kappa shape index (κ1) is 8.02. The molecule has 1 atom stereocenters. The molecule has 0 aromatic heterocycles. The van der Waals surface area contributed by atoms with Gasteiger partial charge in [0.1, 0.15) is 0 Å². The fraction of sp³-hybridized carbons (Fsp3) is 1.00. The van der Waals surface area contributed by atoms with Crippen LogP contribution >= 0.6 is 0 Å². The predicted octanol–water partition coefficient (Wildman–Crippen LogP) is 1.06. The SMILES string of the molecule is CCC(O)C1(O)CCCC1. The van der Waals surface area contributed by atoms with Crippen LogP contribution in [-0.4, -0.2) is 21.9 Å². The molecule has 0 heterocycles. The minimum Gasteiger partial charge on any atom is -0.390 e. The van der Waals surface area contributed by atoms with E-state index in [1.165, 1.54) is 0 Å². The Bertz CT molecular complexity index is 106. The molecule has 1 rings (SSSR count). The number of aliphatic hydroxyl groups excluding tert-OH is 1. The molecule has 0 amide bonds. The summed E-state index contributed by atoms with van der Waals surface area (Å²) in [6.45, 7) is 1.90. The van der Waals surface area contributed by atoms with E-state index in [4.69, 9.17) is 0 Å². The van der Waals surface area contributed by atoms with Crippen molar-refractivity contribution in [3.63, 3.8) is 0 Å². The maximum Gasteiger partial charge on any atom is 0.0905 e. The van der Waals surface area contributed by atoms with E-state index in [2.05, 4.69) is 0 Å². The summed E-state index contributed by atoms with van der Waals surface area (Å²) in [7, 11) is 0. The van der Waals surface area contributed by atoms with E-state index in [0.29, 0.717) is 6.42 Å². The lowest BCUT2D eigenvalue weighted by Gasteiger charge is -2.27. The normalized spacial score (nSPS) is 26.7. The number of aliphatic hydroxyl groups is 2. The Morgan fingerprint density at radius 1 is 1.40 bits per heavy atom. The van der Waals surface area contributed by atoms with Gasteiger partial charge in [-0.15, -0.1) is 0 Å². The van der Waals surface area contributed by atoms with E-state index in [9.17, 15) is 10.2 Å². The van der Waals surface area contributed by atoms with Gasteiger partial charge in [0.05, 0.1) is 11.7 Å². The lowest BCUT2D eigenvalue weighted by atomic mass is 9.93. The summed E-state index contributed by atoms with van der Waals surface area (Å²) >= 11 is 0. The quantitative estimate of drug-likeness (QED) is 0.608. The minimum atomic E-state index is -0.741. The number of hydrogen-bond donors (Lipinski definition) is 2. The summed E-state index contributed by atoms with van der Waals surface area (Å²) < 4.78 is 0. The molecule has 0 saturated heterocycles. The predicted molar refractivity (Wildman–Crippen MR) is 39.7 cm³/mol. The lowest BCUT2D eigenvalue weighted by molar-refractivity contribution is -0.0707. The van der Waals surface area contributed by atoms with Gasteiger partial charge < -0.3 is 10.2 Å². The Morgan fingerprint density at radius 2 is 1.90 bits per heavy atom. The van der Waals surface area contributed by atoms with E-state index >= 15 is 0 Å². The van der Waals surface area contributed by atoms with E-state index < -0.39 is 11.7 Å². The maximum absolute atomic E-state index is 9.71. The molecular weight excluding hydrogens is 128 g/mol. The molecule has 1 fully saturated rings. The van der Waals surface area contributed by atoms with Crippen LogP contribution in [-0.2, 0) is 0 Å². The Labute approximate surface area is 61.9 Å². The average molecular weight is 144 g/mol. The molecule has 60 valence electrons. The van der Waals surface area contributed by atoms with Crippen LogP contribution in [0.4, 0.5) is 0 Å². The first-order chi connectivity index (χ1) is 4.69. The summed E-state index contributed by atoms with van der Waals surface area (Å²) in [5.41, 5.74) is -0.741. The van der Waals surface area contributed by atoms with Crippen LogP contribution in [0.5, 0.6) is 0 Å². The van der Waals surface area contributed by atoms with Gasteiger partial charge in [-0.05, 0) is 19.3 Å². The number of hydrogen-bond acceptors (Lipinski definition) is 2. The van der Waals surface area contributed by atoms with Crippen molar-refractivity contribution in [2.75, 3.05) is 0 Å². The zero-order valence-electron chi connectivity index (χ0n) is 6.51. The third-order valence-corrected chi connectivity index (χ3v) is 2.48. The van der Waals surface area contributed by atoms with Crippen molar-refractivity contribution < 1.29 is 10.2 Å². The molecule has 0 spiro atoms. The molecule has 0 aromatic carbocycles. The largest absolute Gasteiger partial charge is 0.390 e. The molecule has 1 aliphatic carbocycles. The summed E-state index contributed by atoms with van der Waals surface area (Å²) in [6, 6.07) is 0. The average Bonchev–Trinajstić information content (AvgIpc) is 2.36. The van der Waals surface area contributed by atoms with E-state index in [1.54, 1.807) is 0 Å². The van der Waals surface area contributed by atoms with Gasteiger partial charge in [-0.1, -0.05) is 19.8 Å². The third kappa shape index (κ3) is 1.32. The molecule has 0 aliphatic heterocycles. The van der Waals surface area contributed by atoms with Crippen molar-refractivity contribution in [3.8, 4) is 0 Å². The van der Waals surface area contributed by atoms with Crippen molar-refractivity contribution in [1.29, 1.82) is 0 Å². The van der Waals surface area contributed by atoms with Gasteiger partial charge >= 0.3 is 0 Å². The van der Waals surface area contributed by atoms with Crippen molar-refractivity contribution in [3.05, 3.63) is 0 Å². The topological polar surface area (TPSA) is 40.5 Å². The lowest BCUT2D eigenvalue weighted by Crippen LogP contribution is -2.38. The van der Waals surface area contributed by atoms with Gasteiger partial charge in [-0.2, -0.15) is 0 Å². The van der Waals surface area contributed by atoms with Gasteiger partial charge in [-0.25, -0.2) is 0 Å². The zero-order chi connectivity index (χ0) is 7.61. The first-order valence-corrected chi connectivity index (χ1v) is 4.09. The Balaban J connectivity index is 2.49. The van der Waals surface area contributed by atoms with Crippen LogP contribution in [0.25, 0.3) is 0 Å². The van der Waals surface area contributed by atoms with Gasteiger partial charge in [-0.3, -0.25) is 0 Å². The highest BCUT2D eigenvalue weighted by atomic mass is 16.3. The second-order valence-electron chi connectivity index (χ2n) is 3.23. The fourth-order valence-corrected chi connectivity index (χ4v) is 1.70. The van der Waals surface area contributed by atoms with E-state index in [1.807, 2.05) is 6.92 Å². The molecule has 1 unspecified atom stereocenters. The second kappa shape index (κ2) is 2.89. The molecule has 2 nitrogen and oxygen atoms in total. The van der Waals surface area contributed by atoms with Gasteiger partial charge in [0.2, 0.25) is 0 Å². The molecule has 10 heavy (non-hydrogen) atoms. The van der Waals surface area contributed by atoms with E-state index in [0.717, 1.165) is 25.7 Å². The summed E-state index contributed by atoms with van der Waals surface area (Å²) in [4.78, 5) is 0. The summed E-state index contributed by atoms with van der Waals surface area (Å²) in [6.07, 6.45) is 3.84. The zero-order valence-corrected chi connectivity index (χ0v) is 6.51. The van der Waals surface area contributed by atoms with Crippen LogP contribution in [0.15, 0.2) is 0 Å². The van der Waals surface area contributed by atoms with Crippen molar-refractivity contribution in [1.82, 2.24) is 0 Å². The Hall–Kier alpha value is -0.0800. The second-order valence-corrected chi connectivity index (χ2v) is 3.23. The fourth-order valence-electron chi connectivity index (χ4n) is 1.70. The standard InChI is InChI=1S/C8H16O2/c1-2-7(9)8(10)5-3-4-6-8/h7,9-10H,2-6H2,1H3.